The van der Waals surface area contributed by atoms with Crippen molar-refractivity contribution in [3.63, 3.8) is 0 Å². The molecule has 7 heteroatoms. The SMILES string of the molecule is Cc1ccc(-c2noc(C(C)N3CCN(c4ccc(O)cc4)CC3)n2)cc1F. The van der Waals surface area contributed by atoms with Crippen molar-refractivity contribution in [2.75, 3.05) is 31.1 Å². The van der Waals surface area contributed by atoms with Crippen molar-refractivity contribution in [2.45, 2.75) is 19.9 Å². The summed E-state index contributed by atoms with van der Waals surface area (Å²) in [4.78, 5) is 9.07. The monoisotopic (exact) mass is 382 g/mol. The normalized spacial score (nSPS) is 16.3. The Bertz CT molecular complexity index is 949. The average molecular weight is 382 g/mol. The lowest BCUT2D eigenvalue weighted by atomic mass is 10.1. The number of aromatic hydroxyl groups is 1. The maximum atomic E-state index is 13.8. The van der Waals surface area contributed by atoms with E-state index in [1.165, 1.54) is 6.07 Å². The fraction of sp³-hybridized carbons (Fsp3) is 0.333. The zero-order valence-corrected chi connectivity index (χ0v) is 16.0. The second-order valence-corrected chi connectivity index (χ2v) is 7.14. The summed E-state index contributed by atoms with van der Waals surface area (Å²) in [6.07, 6.45) is 0. The van der Waals surface area contributed by atoms with Crippen molar-refractivity contribution in [2.24, 2.45) is 0 Å². The van der Waals surface area contributed by atoms with Crippen LogP contribution < -0.4 is 4.90 Å². The number of nitrogens with zero attached hydrogens (tertiary/aromatic N) is 4. The van der Waals surface area contributed by atoms with Gasteiger partial charge in [-0.2, -0.15) is 4.98 Å². The third-order valence-corrected chi connectivity index (χ3v) is 5.31. The molecule has 1 aromatic heterocycles. The van der Waals surface area contributed by atoms with Crippen LogP contribution in [0, 0.1) is 12.7 Å². The van der Waals surface area contributed by atoms with Gasteiger partial charge in [-0.05, 0) is 49.7 Å². The fourth-order valence-corrected chi connectivity index (χ4v) is 3.44. The first-order chi connectivity index (χ1) is 13.5. The maximum absolute atomic E-state index is 13.8. The number of hydrogen-bond donors (Lipinski definition) is 1. The Labute approximate surface area is 163 Å². The lowest BCUT2D eigenvalue weighted by Crippen LogP contribution is -2.47. The van der Waals surface area contributed by atoms with Crippen molar-refractivity contribution in [3.8, 4) is 17.1 Å². The van der Waals surface area contributed by atoms with Crippen LogP contribution in [0.15, 0.2) is 47.0 Å². The third kappa shape index (κ3) is 3.71. The predicted octanol–water partition coefficient (Wildman–Crippen LogP) is 3.77. The molecule has 0 saturated carbocycles. The van der Waals surface area contributed by atoms with Gasteiger partial charge in [-0.25, -0.2) is 4.39 Å². The zero-order valence-electron chi connectivity index (χ0n) is 16.0. The Hall–Kier alpha value is -2.93. The number of anilines is 1. The minimum atomic E-state index is -0.276. The Kier molecular flexibility index (Phi) is 5.00. The van der Waals surface area contributed by atoms with Crippen LogP contribution in [-0.4, -0.2) is 46.3 Å². The summed E-state index contributed by atoms with van der Waals surface area (Å²) in [6, 6.07) is 12.2. The van der Waals surface area contributed by atoms with E-state index in [1.807, 2.05) is 19.1 Å². The molecule has 1 N–H and O–H groups in total. The third-order valence-electron chi connectivity index (χ3n) is 5.31. The van der Waals surface area contributed by atoms with E-state index in [-0.39, 0.29) is 17.6 Å². The molecule has 0 bridgehead atoms. The number of phenolic OH excluding ortho intramolecular Hbond substituents is 1. The van der Waals surface area contributed by atoms with Gasteiger partial charge in [0.1, 0.15) is 11.6 Å². The molecular formula is C21H23FN4O2. The van der Waals surface area contributed by atoms with Crippen LogP contribution in [0.5, 0.6) is 5.75 Å². The standard InChI is InChI=1S/C21H23FN4O2/c1-14-3-4-16(13-19(14)22)20-23-21(28-24-20)15(2)25-9-11-26(12-10-25)17-5-7-18(27)8-6-17/h3-8,13,15,27H,9-12H2,1-2H3. The molecule has 1 atom stereocenters. The molecule has 0 radical (unpaired) electrons. The molecule has 1 fully saturated rings. The number of hydrogen-bond acceptors (Lipinski definition) is 6. The molecule has 1 aliphatic heterocycles. The van der Waals surface area contributed by atoms with Crippen LogP contribution >= 0.6 is 0 Å². The Morgan fingerprint density at radius 2 is 1.79 bits per heavy atom. The van der Waals surface area contributed by atoms with Crippen molar-refractivity contribution >= 4 is 5.69 Å². The van der Waals surface area contributed by atoms with Crippen molar-refractivity contribution in [1.29, 1.82) is 0 Å². The molecule has 0 spiro atoms. The van der Waals surface area contributed by atoms with Crippen molar-refractivity contribution in [1.82, 2.24) is 15.0 Å². The smallest absolute Gasteiger partial charge is 0.244 e. The number of rotatable bonds is 4. The van der Waals surface area contributed by atoms with E-state index in [4.69, 9.17) is 4.52 Å². The Balaban J connectivity index is 1.41. The van der Waals surface area contributed by atoms with Crippen LogP contribution in [0.1, 0.15) is 24.4 Å². The summed E-state index contributed by atoms with van der Waals surface area (Å²) in [5.74, 6) is 0.941. The molecule has 28 heavy (non-hydrogen) atoms. The first kappa shape index (κ1) is 18.4. The van der Waals surface area contributed by atoms with E-state index < -0.39 is 0 Å². The van der Waals surface area contributed by atoms with Crippen LogP contribution in [0.25, 0.3) is 11.4 Å². The molecule has 0 amide bonds. The second kappa shape index (κ2) is 7.59. The molecule has 3 aromatic rings. The van der Waals surface area contributed by atoms with Gasteiger partial charge in [-0.1, -0.05) is 17.3 Å². The number of benzene rings is 2. The van der Waals surface area contributed by atoms with Crippen LogP contribution in [0.3, 0.4) is 0 Å². The van der Waals surface area contributed by atoms with Crippen LogP contribution in [0.2, 0.25) is 0 Å². The molecular weight excluding hydrogens is 359 g/mol. The lowest BCUT2D eigenvalue weighted by molar-refractivity contribution is 0.164. The molecule has 1 aliphatic rings. The Morgan fingerprint density at radius 3 is 2.46 bits per heavy atom. The van der Waals surface area contributed by atoms with E-state index in [2.05, 4.69) is 19.9 Å². The molecule has 1 saturated heterocycles. The molecule has 146 valence electrons. The predicted molar refractivity (Wildman–Crippen MR) is 105 cm³/mol. The molecule has 1 unspecified atom stereocenters. The van der Waals surface area contributed by atoms with Crippen LogP contribution in [-0.2, 0) is 0 Å². The largest absolute Gasteiger partial charge is 0.508 e. The van der Waals surface area contributed by atoms with Gasteiger partial charge in [0.05, 0.1) is 6.04 Å². The van der Waals surface area contributed by atoms with Gasteiger partial charge < -0.3 is 14.5 Å². The van der Waals surface area contributed by atoms with E-state index in [9.17, 15) is 9.50 Å². The summed E-state index contributed by atoms with van der Waals surface area (Å²) < 4.78 is 19.3. The molecule has 4 rings (SSSR count). The van der Waals surface area contributed by atoms with Gasteiger partial charge in [0.15, 0.2) is 0 Å². The number of phenols is 1. The summed E-state index contributed by atoms with van der Waals surface area (Å²) in [5, 5.41) is 13.5. The first-order valence-corrected chi connectivity index (χ1v) is 9.39. The number of aryl methyl sites for hydroxylation is 1. The number of aromatic nitrogens is 2. The van der Waals surface area contributed by atoms with E-state index in [0.29, 0.717) is 22.8 Å². The average Bonchev–Trinajstić information content (AvgIpc) is 3.20. The molecule has 2 aromatic carbocycles. The van der Waals surface area contributed by atoms with Gasteiger partial charge in [0.25, 0.3) is 0 Å². The first-order valence-electron chi connectivity index (χ1n) is 9.39. The summed E-state index contributed by atoms with van der Waals surface area (Å²) in [6.45, 7) is 7.24. The molecule has 2 heterocycles. The molecule has 0 aliphatic carbocycles. The van der Waals surface area contributed by atoms with E-state index in [0.717, 1.165) is 31.9 Å². The minimum Gasteiger partial charge on any atom is -0.508 e. The van der Waals surface area contributed by atoms with E-state index in [1.54, 1.807) is 31.2 Å². The van der Waals surface area contributed by atoms with Crippen molar-refractivity contribution < 1.29 is 14.0 Å². The summed E-state index contributed by atoms with van der Waals surface area (Å²) in [7, 11) is 0. The zero-order chi connectivity index (χ0) is 19.7. The van der Waals surface area contributed by atoms with Gasteiger partial charge in [0.2, 0.25) is 11.7 Å². The highest BCUT2D eigenvalue weighted by Crippen LogP contribution is 2.26. The highest BCUT2D eigenvalue weighted by molar-refractivity contribution is 5.55. The van der Waals surface area contributed by atoms with Crippen LogP contribution in [0.4, 0.5) is 10.1 Å². The quantitative estimate of drug-likeness (QED) is 0.741. The lowest BCUT2D eigenvalue weighted by Gasteiger charge is -2.38. The van der Waals surface area contributed by atoms with Crippen molar-refractivity contribution in [3.05, 3.63) is 59.7 Å². The molecule has 6 nitrogen and oxygen atoms in total. The van der Waals surface area contributed by atoms with Gasteiger partial charge >= 0.3 is 0 Å². The Morgan fingerprint density at radius 1 is 1.07 bits per heavy atom. The summed E-state index contributed by atoms with van der Waals surface area (Å²) in [5.41, 5.74) is 2.31. The maximum Gasteiger partial charge on any atom is 0.244 e. The fourth-order valence-electron chi connectivity index (χ4n) is 3.44. The highest BCUT2D eigenvalue weighted by Gasteiger charge is 2.26. The highest BCUT2D eigenvalue weighted by atomic mass is 19.1. The topological polar surface area (TPSA) is 65.6 Å². The van der Waals surface area contributed by atoms with E-state index >= 15 is 0 Å². The van der Waals surface area contributed by atoms with Gasteiger partial charge in [0, 0.05) is 37.4 Å². The number of piperazine rings is 1. The van der Waals surface area contributed by atoms with Gasteiger partial charge in [-0.3, -0.25) is 4.90 Å². The summed E-state index contributed by atoms with van der Waals surface area (Å²) >= 11 is 0. The minimum absolute atomic E-state index is 0.0153. The van der Waals surface area contributed by atoms with Gasteiger partial charge in [-0.15, -0.1) is 0 Å². The second-order valence-electron chi connectivity index (χ2n) is 7.14. The number of halogens is 1.